The largest absolute Gasteiger partial charge is 0.453 e. The molecule has 0 bridgehead atoms. The van der Waals surface area contributed by atoms with Gasteiger partial charge >= 0.3 is 0 Å². The molecular weight excluding hydrogens is 571 g/mol. The fraction of sp³-hybridized carbons (Fsp3) is 0.212. The van der Waals surface area contributed by atoms with Gasteiger partial charge in [0.15, 0.2) is 11.6 Å². The Morgan fingerprint density at radius 2 is 1.90 bits per heavy atom. The number of hydrogen-bond donors (Lipinski definition) is 0. The zero-order chi connectivity index (χ0) is 29.2. The molecule has 0 fully saturated rings. The van der Waals surface area contributed by atoms with E-state index in [0.29, 0.717) is 30.3 Å². The number of hydrogen-bond acceptors (Lipinski definition) is 6. The number of rotatable bonds is 9. The van der Waals surface area contributed by atoms with Gasteiger partial charge in [0.2, 0.25) is 5.91 Å². The van der Waals surface area contributed by atoms with Crippen molar-refractivity contribution in [2.75, 3.05) is 6.54 Å². The predicted octanol–water partition coefficient (Wildman–Crippen LogP) is 8.57. The van der Waals surface area contributed by atoms with Gasteiger partial charge < -0.3 is 9.64 Å². The highest BCUT2D eigenvalue weighted by Crippen LogP contribution is 2.39. The molecule has 1 amide bonds. The highest BCUT2D eigenvalue weighted by atomic mass is 35.5. The lowest BCUT2D eigenvalue weighted by molar-refractivity contribution is -0.129. The Bertz CT molecular complexity index is 1820. The number of amides is 1. The maximum Gasteiger partial charge on any atom is 0.219 e. The van der Waals surface area contributed by atoms with Crippen LogP contribution in [0.4, 0.5) is 10.1 Å². The van der Waals surface area contributed by atoms with Crippen molar-refractivity contribution in [2.45, 2.75) is 39.7 Å². The van der Waals surface area contributed by atoms with Crippen LogP contribution in [0.5, 0.6) is 11.5 Å². The molecule has 0 aliphatic carbocycles. The van der Waals surface area contributed by atoms with Crippen LogP contribution in [0.15, 0.2) is 78.0 Å². The van der Waals surface area contributed by atoms with Gasteiger partial charge in [-0.25, -0.2) is 4.39 Å². The van der Waals surface area contributed by atoms with E-state index in [2.05, 4.69) is 21.9 Å². The number of ether oxygens (including phenoxy) is 1. The maximum absolute atomic E-state index is 15.2. The summed E-state index contributed by atoms with van der Waals surface area (Å²) in [5, 5.41) is 0.656. The summed E-state index contributed by atoms with van der Waals surface area (Å²) in [6, 6.07) is 18.4. The molecule has 0 unspecified atom stereocenters. The molecule has 0 atom stereocenters. The van der Waals surface area contributed by atoms with Crippen molar-refractivity contribution in [3.05, 3.63) is 101 Å². The van der Waals surface area contributed by atoms with E-state index in [0.717, 1.165) is 61.7 Å². The summed E-state index contributed by atoms with van der Waals surface area (Å²) in [6.45, 7) is 4.88. The van der Waals surface area contributed by atoms with Gasteiger partial charge in [-0.15, -0.1) is 11.3 Å². The second-order valence-electron chi connectivity index (χ2n) is 10.3. The molecule has 0 spiro atoms. The van der Waals surface area contributed by atoms with E-state index in [4.69, 9.17) is 16.3 Å². The standard InChI is InChI=1S/C33H28ClFN4O2S/c1-3-12-39(20(2)40)19-22-4-8-27(37-18-22)32-17-29-33(42-32)31(10-11-36-29)41-30-9-5-21(14-26(30)35)13-25-15-23-6-7-24(34)16-28(23)38-25/h4-11,14,16-18H,3,12-13,15,19H2,1-2H3. The molecule has 1 aliphatic rings. The fourth-order valence-electron chi connectivity index (χ4n) is 5.04. The number of nitrogens with zero attached hydrogens (tertiary/aromatic N) is 4. The number of benzene rings is 2. The Morgan fingerprint density at radius 1 is 1.05 bits per heavy atom. The number of carbonyl (C=O) groups excluding carboxylic acids is 1. The first-order valence-electron chi connectivity index (χ1n) is 13.8. The van der Waals surface area contributed by atoms with E-state index in [1.807, 2.05) is 47.4 Å². The minimum Gasteiger partial charge on any atom is -0.453 e. The SMILES string of the molecule is CCCN(Cc1ccc(-c2cc3nccc(Oc4ccc(CC5=Nc6cc(Cl)ccc6C5)cc4F)c3s2)nc1)C(C)=O. The van der Waals surface area contributed by atoms with Crippen LogP contribution in [0.2, 0.25) is 5.02 Å². The first-order chi connectivity index (χ1) is 20.4. The van der Waals surface area contributed by atoms with Crippen LogP contribution < -0.4 is 4.74 Å². The molecule has 2 aromatic carbocycles. The van der Waals surface area contributed by atoms with Crippen molar-refractivity contribution in [1.82, 2.24) is 14.9 Å². The van der Waals surface area contributed by atoms with E-state index < -0.39 is 5.82 Å². The average Bonchev–Trinajstić information content (AvgIpc) is 3.58. The van der Waals surface area contributed by atoms with E-state index in [-0.39, 0.29) is 11.7 Å². The molecule has 0 saturated carbocycles. The van der Waals surface area contributed by atoms with Crippen LogP contribution in [-0.4, -0.2) is 33.0 Å². The van der Waals surface area contributed by atoms with Crippen LogP contribution in [0.1, 0.15) is 37.0 Å². The molecule has 212 valence electrons. The van der Waals surface area contributed by atoms with E-state index in [1.54, 1.807) is 31.5 Å². The molecule has 6 nitrogen and oxygen atoms in total. The van der Waals surface area contributed by atoms with Crippen molar-refractivity contribution in [3.63, 3.8) is 0 Å². The Labute approximate surface area is 252 Å². The molecule has 5 aromatic rings. The van der Waals surface area contributed by atoms with Crippen LogP contribution in [0.25, 0.3) is 20.8 Å². The molecule has 0 saturated heterocycles. The van der Waals surface area contributed by atoms with Crippen LogP contribution in [0.3, 0.4) is 0 Å². The average molecular weight is 599 g/mol. The van der Waals surface area contributed by atoms with Crippen molar-refractivity contribution in [2.24, 2.45) is 4.99 Å². The van der Waals surface area contributed by atoms with Gasteiger partial charge in [-0.2, -0.15) is 0 Å². The molecule has 4 heterocycles. The molecule has 0 radical (unpaired) electrons. The topological polar surface area (TPSA) is 67.7 Å². The summed E-state index contributed by atoms with van der Waals surface area (Å²) in [7, 11) is 0. The zero-order valence-electron chi connectivity index (χ0n) is 23.2. The Morgan fingerprint density at radius 3 is 2.67 bits per heavy atom. The molecule has 9 heteroatoms. The molecule has 42 heavy (non-hydrogen) atoms. The third kappa shape index (κ3) is 6.05. The molecular formula is C33H28ClFN4O2S. The lowest BCUT2D eigenvalue weighted by Gasteiger charge is -2.20. The minimum absolute atomic E-state index is 0.0510. The molecule has 6 rings (SSSR count). The monoisotopic (exact) mass is 598 g/mol. The van der Waals surface area contributed by atoms with Crippen molar-refractivity contribution >= 4 is 50.5 Å². The van der Waals surface area contributed by atoms with Gasteiger partial charge in [-0.3, -0.25) is 19.8 Å². The summed E-state index contributed by atoms with van der Waals surface area (Å²) in [5.74, 6) is 0.293. The first kappa shape index (κ1) is 28.0. The molecule has 0 N–H and O–H groups in total. The summed E-state index contributed by atoms with van der Waals surface area (Å²) in [4.78, 5) is 28.4. The smallest absolute Gasteiger partial charge is 0.219 e. The Hall–Kier alpha value is -4.14. The molecule has 3 aromatic heterocycles. The van der Waals surface area contributed by atoms with Crippen molar-refractivity contribution in [1.29, 1.82) is 0 Å². The quantitative estimate of drug-likeness (QED) is 0.170. The van der Waals surface area contributed by atoms with Crippen LogP contribution >= 0.6 is 22.9 Å². The van der Waals surface area contributed by atoms with Gasteiger partial charge in [-0.05, 0) is 59.5 Å². The lowest BCUT2D eigenvalue weighted by atomic mass is 10.0. The predicted molar refractivity (Wildman–Crippen MR) is 167 cm³/mol. The van der Waals surface area contributed by atoms with Gasteiger partial charge in [0.1, 0.15) is 5.75 Å². The number of thiophene rings is 1. The Balaban J connectivity index is 1.17. The first-order valence-corrected chi connectivity index (χ1v) is 15.0. The van der Waals surface area contributed by atoms with E-state index in [9.17, 15) is 4.79 Å². The maximum atomic E-state index is 15.2. The third-order valence-corrected chi connectivity index (χ3v) is 8.51. The summed E-state index contributed by atoms with van der Waals surface area (Å²) < 4.78 is 22.1. The second kappa shape index (κ2) is 12.0. The summed E-state index contributed by atoms with van der Waals surface area (Å²) in [6.07, 6.45) is 5.64. The number of pyridine rings is 2. The number of carbonyl (C=O) groups is 1. The highest BCUT2D eigenvalue weighted by Gasteiger charge is 2.18. The number of halogens is 2. The summed E-state index contributed by atoms with van der Waals surface area (Å²) >= 11 is 7.59. The Kier molecular flexibility index (Phi) is 8.00. The van der Waals surface area contributed by atoms with Crippen molar-refractivity contribution < 1.29 is 13.9 Å². The summed E-state index contributed by atoms with van der Waals surface area (Å²) in [5.41, 5.74) is 6.33. The third-order valence-electron chi connectivity index (χ3n) is 7.11. The second-order valence-corrected chi connectivity index (χ2v) is 11.8. The fourth-order valence-corrected chi connectivity index (χ4v) is 6.25. The number of fused-ring (bicyclic) bond motifs is 2. The van der Waals surface area contributed by atoms with Gasteiger partial charge in [-0.1, -0.05) is 36.7 Å². The number of aliphatic imine (C=N–C) groups is 1. The van der Waals surface area contributed by atoms with E-state index in [1.165, 1.54) is 17.4 Å². The van der Waals surface area contributed by atoms with Crippen molar-refractivity contribution in [3.8, 4) is 22.1 Å². The van der Waals surface area contributed by atoms with E-state index >= 15 is 4.39 Å². The van der Waals surface area contributed by atoms with Gasteiger partial charge in [0.25, 0.3) is 0 Å². The normalized spacial score (nSPS) is 12.3. The van der Waals surface area contributed by atoms with Crippen LogP contribution in [-0.2, 0) is 24.2 Å². The lowest BCUT2D eigenvalue weighted by Crippen LogP contribution is -2.28. The van der Waals surface area contributed by atoms with Crippen LogP contribution in [0, 0.1) is 5.82 Å². The molecule has 1 aliphatic heterocycles. The van der Waals surface area contributed by atoms with Gasteiger partial charge in [0.05, 0.1) is 26.5 Å². The number of aromatic nitrogens is 2. The zero-order valence-corrected chi connectivity index (χ0v) is 24.8. The minimum atomic E-state index is -0.437. The highest BCUT2D eigenvalue weighted by molar-refractivity contribution is 7.22. The van der Waals surface area contributed by atoms with Gasteiger partial charge in [0, 0.05) is 62.0 Å².